The molecule has 2 aromatic carbocycles. The van der Waals surface area contributed by atoms with Crippen LogP contribution in [0, 0.1) is 0 Å². The van der Waals surface area contributed by atoms with Gasteiger partial charge in [0.05, 0.1) is 0 Å². The van der Waals surface area contributed by atoms with E-state index in [2.05, 4.69) is 15.7 Å². The van der Waals surface area contributed by atoms with Gasteiger partial charge in [0.15, 0.2) is 0 Å². The molecule has 0 fully saturated rings. The third-order valence-corrected chi connectivity index (χ3v) is 7.13. The Hall–Kier alpha value is -2.51. The molecule has 0 spiro atoms. The smallest absolute Gasteiger partial charge is 0.342 e. The zero-order chi connectivity index (χ0) is 21.3. The Morgan fingerprint density at radius 1 is 1.07 bits per heavy atom. The number of carbonyl (C=O) groups is 2. The van der Waals surface area contributed by atoms with Gasteiger partial charge in [-0.05, 0) is 78.5 Å². The molecule has 0 saturated heterocycles. The fourth-order valence-corrected chi connectivity index (χ4v) is 5.10. The van der Waals surface area contributed by atoms with Crippen molar-refractivity contribution in [2.45, 2.75) is 56.9 Å². The number of benzene rings is 2. The summed E-state index contributed by atoms with van der Waals surface area (Å²) in [7, 11) is 0.733. The van der Waals surface area contributed by atoms with Gasteiger partial charge in [-0.2, -0.15) is 4.36 Å². The molecule has 4 rings (SSSR count). The van der Waals surface area contributed by atoms with Gasteiger partial charge in [0.25, 0.3) is 0 Å². The first-order valence-corrected chi connectivity index (χ1v) is 11.7. The largest absolute Gasteiger partial charge is 0.352 e. The maximum absolute atomic E-state index is 12.7. The Morgan fingerprint density at radius 3 is 2.23 bits per heavy atom. The fraction of sp³-hybridized carbons (Fsp3) is 0.391. The minimum atomic E-state index is -1.03. The second-order valence-electron chi connectivity index (χ2n) is 8.09. The molecule has 158 valence electrons. The first kappa shape index (κ1) is 20.8. The number of carbonyl (C=O) groups excluding carboxylic acids is 2. The number of nitrogens with one attached hydrogen (secondary N) is 1. The Kier molecular flexibility index (Phi) is 6.01. The van der Waals surface area contributed by atoms with Crippen molar-refractivity contribution in [2.24, 2.45) is 9.50 Å². The zero-order valence-corrected chi connectivity index (χ0v) is 18.3. The van der Waals surface area contributed by atoms with Crippen LogP contribution in [0.5, 0.6) is 0 Å². The van der Waals surface area contributed by atoms with Crippen molar-refractivity contribution in [3.63, 3.8) is 0 Å². The van der Waals surface area contributed by atoms with Gasteiger partial charge in [-0.1, -0.05) is 18.2 Å². The van der Waals surface area contributed by atoms with E-state index in [-0.39, 0.29) is 11.9 Å². The molecular formula is C23H28N4O2S. The molecule has 0 aliphatic heterocycles. The summed E-state index contributed by atoms with van der Waals surface area (Å²) < 4.78 is 4.20. The number of urea groups is 1. The van der Waals surface area contributed by atoms with Gasteiger partial charge >= 0.3 is 6.03 Å². The third kappa shape index (κ3) is 4.32. The minimum Gasteiger partial charge on any atom is -0.342 e. The molecule has 0 aromatic heterocycles. The molecule has 1 atom stereocenters. The summed E-state index contributed by atoms with van der Waals surface area (Å²) in [6, 6.07) is 9.56. The molecule has 7 heteroatoms. The van der Waals surface area contributed by atoms with Crippen molar-refractivity contribution < 1.29 is 9.59 Å². The Bertz CT molecular complexity index is 998. The van der Waals surface area contributed by atoms with Crippen LogP contribution in [0.1, 0.15) is 47.6 Å². The Balaban J connectivity index is 1.50. The summed E-state index contributed by atoms with van der Waals surface area (Å²) in [4.78, 5) is 26.5. The highest BCUT2D eigenvalue weighted by atomic mass is 32.2. The molecule has 3 N–H and O–H groups in total. The molecule has 2 aromatic rings. The summed E-state index contributed by atoms with van der Waals surface area (Å²) in [6.07, 6.45) is 6.50. The van der Waals surface area contributed by atoms with E-state index in [1.165, 1.54) is 22.3 Å². The second-order valence-corrected chi connectivity index (χ2v) is 9.37. The summed E-state index contributed by atoms with van der Waals surface area (Å²) in [5.74, 6) is 0.0169. The Labute approximate surface area is 180 Å². The number of fused-ring (bicyclic) bond motifs is 2. The van der Waals surface area contributed by atoms with Gasteiger partial charge < -0.3 is 10.2 Å². The minimum absolute atomic E-state index is 0.0169. The average molecular weight is 425 g/mol. The maximum atomic E-state index is 12.7. The summed E-state index contributed by atoms with van der Waals surface area (Å²) in [5, 5.41) is 9.28. The van der Waals surface area contributed by atoms with Crippen LogP contribution in [-0.2, 0) is 47.9 Å². The molecule has 3 amide bonds. The predicted molar refractivity (Wildman–Crippen MR) is 120 cm³/mol. The van der Waals surface area contributed by atoms with Crippen LogP contribution in [0.25, 0.3) is 0 Å². The van der Waals surface area contributed by atoms with E-state index < -0.39 is 10.9 Å². The lowest BCUT2D eigenvalue weighted by Crippen LogP contribution is -2.23. The average Bonchev–Trinajstić information content (AvgIpc) is 3.37. The van der Waals surface area contributed by atoms with E-state index in [9.17, 15) is 9.59 Å². The van der Waals surface area contributed by atoms with Crippen LogP contribution < -0.4 is 10.5 Å². The SMILES string of the molecule is CC(=O)N(C)Cc1ccc(/S(N)=N/C(=O)Nc2c3c(cc4c2CCC4)CCC3)cc1. The van der Waals surface area contributed by atoms with Crippen molar-refractivity contribution in [3.05, 3.63) is 58.1 Å². The van der Waals surface area contributed by atoms with E-state index in [1.54, 1.807) is 18.9 Å². The van der Waals surface area contributed by atoms with E-state index >= 15 is 0 Å². The van der Waals surface area contributed by atoms with Gasteiger partial charge in [0.2, 0.25) is 5.91 Å². The number of nitrogens with zero attached hydrogens (tertiary/aromatic N) is 2. The van der Waals surface area contributed by atoms with Gasteiger partial charge in [-0.15, -0.1) is 0 Å². The maximum Gasteiger partial charge on any atom is 0.352 e. The number of nitrogens with two attached hydrogens (primary N) is 1. The number of hydrogen-bond donors (Lipinski definition) is 2. The number of hydrogen-bond acceptors (Lipinski definition) is 2. The third-order valence-electron chi connectivity index (χ3n) is 6.01. The molecule has 2 aliphatic carbocycles. The van der Waals surface area contributed by atoms with Gasteiger partial charge in [-0.25, -0.2) is 4.79 Å². The standard InChI is InChI=1S/C23H28N4O2S/c1-15(28)27(2)14-16-9-11-19(12-10-16)30(24)26-23(29)25-22-20-7-3-5-17(20)13-18-6-4-8-21(18)22/h9-13H,3-8,14H2,1-2H3,(H3,24,25,26,29). The lowest BCUT2D eigenvalue weighted by atomic mass is 9.99. The van der Waals surface area contributed by atoms with Crippen LogP contribution >= 0.6 is 0 Å². The summed E-state index contributed by atoms with van der Waals surface area (Å²) in [6.45, 7) is 2.08. The molecule has 6 nitrogen and oxygen atoms in total. The van der Waals surface area contributed by atoms with Crippen molar-refractivity contribution in [2.75, 3.05) is 12.4 Å². The molecule has 0 radical (unpaired) electrons. The van der Waals surface area contributed by atoms with Crippen LogP contribution in [0.15, 0.2) is 39.6 Å². The first-order valence-electron chi connectivity index (χ1n) is 10.4. The van der Waals surface area contributed by atoms with Gasteiger partial charge in [0, 0.05) is 42.0 Å². The molecule has 30 heavy (non-hydrogen) atoms. The number of amides is 3. The van der Waals surface area contributed by atoms with Crippen LogP contribution in [0.2, 0.25) is 0 Å². The van der Waals surface area contributed by atoms with Crippen molar-refractivity contribution in [3.8, 4) is 0 Å². The van der Waals surface area contributed by atoms with Crippen molar-refractivity contribution in [1.82, 2.24) is 4.90 Å². The highest BCUT2D eigenvalue weighted by molar-refractivity contribution is 7.85. The molecule has 0 saturated carbocycles. The van der Waals surface area contributed by atoms with E-state index in [0.717, 1.165) is 54.7 Å². The fourth-order valence-electron chi connectivity index (χ4n) is 4.36. The highest BCUT2D eigenvalue weighted by Crippen LogP contribution is 2.38. The molecule has 0 heterocycles. The van der Waals surface area contributed by atoms with Gasteiger partial charge in [-0.3, -0.25) is 9.93 Å². The highest BCUT2D eigenvalue weighted by Gasteiger charge is 2.24. The Morgan fingerprint density at radius 2 is 1.67 bits per heavy atom. The quantitative estimate of drug-likeness (QED) is 0.780. The van der Waals surface area contributed by atoms with Crippen molar-refractivity contribution >= 4 is 28.5 Å². The molecule has 1 unspecified atom stereocenters. The monoisotopic (exact) mass is 424 g/mol. The van der Waals surface area contributed by atoms with E-state index in [4.69, 9.17) is 5.14 Å². The van der Waals surface area contributed by atoms with Gasteiger partial charge in [0.1, 0.15) is 0 Å². The van der Waals surface area contributed by atoms with Crippen LogP contribution in [0.3, 0.4) is 0 Å². The number of anilines is 1. The summed E-state index contributed by atoms with van der Waals surface area (Å²) in [5.41, 5.74) is 7.33. The van der Waals surface area contributed by atoms with E-state index in [1.807, 2.05) is 24.3 Å². The first-order chi connectivity index (χ1) is 14.4. The lowest BCUT2D eigenvalue weighted by Gasteiger charge is -2.15. The zero-order valence-electron chi connectivity index (χ0n) is 17.5. The van der Waals surface area contributed by atoms with Crippen LogP contribution in [0.4, 0.5) is 10.5 Å². The summed E-state index contributed by atoms with van der Waals surface area (Å²) >= 11 is 0. The normalized spacial score (nSPS) is 15.6. The number of aryl methyl sites for hydroxylation is 2. The molecule has 0 bridgehead atoms. The van der Waals surface area contributed by atoms with Crippen molar-refractivity contribution in [1.29, 1.82) is 0 Å². The molecule has 2 aliphatic rings. The lowest BCUT2D eigenvalue weighted by molar-refractivity contribution is -0.128. The predicted octanol–water partition coefficient (Wildman–Crippen LogP) is 3.91. The topological polar surface area (TPSA) is 87.8 Å². The van der Waals surface area contributed by atoms with E-state index in [0.29, 0.717) is 6.54 Å². The second kappa shape index (κ2) is 8.70. The number of rotatable bonds is 4. The van der Waals surface area contributed by atoms with Crippen LogP contribution in [-0.4, -0.2) is 23.9 Å². The molecular weight excluding hydrogens is 396 g/mol.